The van der Waals surface area contributed by atoms with Crippen LogP contribution in [0.25, 0.3) is 6.08 Å². The summed E-state index contributed by atoms with van der Waals surface area (Å²) in [6, 6.07) is 4.05. The van der Waals surface area contributed by atoms with E-state index < -0.39 is 0 Å². The molecule has 5 rings (SSSR count). The van der Waals surface area contributed by atoms with E-state index in [-0.39, 0.29) is 23.0 Å². The maximum Gasteiger partial charge on any atom is 0.0809 e. The highest BCUT2D eigenvalue weighted by Crippen LogP contribution is 2.65. The molecule has 1 aromatic rings. The molecule has 3 heteroatoms. The average Bonchev–Trinajstić information content (AvgIpc) is 2.94. The third-order valence-electron chi connectivity index (χ3n) is 9.01. The van der Waals surface area contributed by atoms with Gasteiger partial charge in [0.1, 0.15) is 0 Å². The van der Waals surface area contributed by atoms with E-state index in [9.17, 15) is 10.2 Å². The molecule has 0 bridgehead atoms. The van der Waals surface area contributed by atoms with Gasteiger partial charge in [-0.25, -0.2) is 0 Å². The normalized spacial score (nSPS) is 46.5. The van der Waals surface area contributed by atoms with Crippen LogP contribution >= 0.6 is 0 Å². The number of aliphatic hydroxyl groups excluding tert-OH is 2. The second-order valence-corrected chi connectivity index (χ2v) is 10.3. The van der Waals surface area contributed by atoms with Gasteiger partial charge in [0.25, 0.3) is 0 Å². The predicted octanol–water partition coefficient (Wildman–Crippen LogP) is 4.76. The van der Waals surface area contributed by atoms with Crippen molar-refractivity contribution in [2.45, 2.75) is 71.0 Å². The summed E-state index contributed by atoms with van der Waals surface area (Å²) in [4.78, 5) is 4.11. The quantitative estimate of drug-likeness (QED) is 0.692. The maximum atomic E-state index is 11.3. The molecule has 0 spiro atoms. The summed E-state index contributed by atoms with van der Waals surface area (Å²) >= 11 is 0. The van der Waals surface area contributed by atoms with Crippen LogP contribution in [-0.2, 0) is 0 Å². The smallest absolute Gasteiger partial charge is 0.0809 e. The summed E-state index contributed by atoms with van der Waals surface area (Å²) < 4.78 is 0. The lowest BCUT2D eigenvalue weighted by atomic mass is 9.48. The van der Waals surface area contributed by atoms with E-state index in [2.05, 4.69) is 31.0 Å². The molecule has 0 amide bonds. The first-order valence-electron chi connectivity index (χ1n) is 11.1. The van der Waals surface area contributed by atoms with Crippen LogP contribution in [0.1, 0.15) is 64.4 Å². The maximum absolute atomic E-state index is 11.3. The molecule has 0 aromatic carbocycles. The van der Waals surface area contributed by atoms with Crippen molar-refractivity contribution in [1.29, 1.82) is 0 Å². The van der Waals surface area contributed by atoms with Gasteiger partial charge in [-0.3, -0.25) is 4.98 Å². The molecule has 2 N–H and O–H groups in total. The van der Waals surface area contributed by atoms with Gasteiger partial charge >= 0.3 is 0 Å². The number of nitrogens with zero attached hydrogens (tertiary/aromatic N) is 1. The van der Waals surface area contributed by atoms with Crippen LogP contribution in [0, 0.1) is 28.6 Å². The summed E-state index contributed by atoms with van der Waals surface area (Å²) in [5.74, 6) is 1.90. The number of aromatic nitrogens is 1. The summed E-state index contributed by atoms with van der Waals surface area (Å²) in [6.07, 6.45) is 15.2. The van der Waals surface area contributed by atoms with Gasteiger partial charge in [-0.15, -0.1) is 0 Å². The predicted molar refractivity (Wildman–Crippen MR) is 111 cm³/mol. The Bertz CT molecular complexity index is 815. The SMILES string of the molecule is C[C@]12CC[C@H]3[C@@H](CC=C4C[C@@H](O)CC[C@@]43C)[C@@H]1CC(=Cc1ccncc1)[C@@H]2O. The third-order valence-corrected chi connectivity index (χ3v) is 9.01. The number of aliphatic hydroxyl groups is 2. The number of hydrogen-bond donors (Lipinski definition) is 2. The first kappa shape index (κ1) is 18.6. The van der Waals surface area contributed by atoms with Crippen molar-refractivity contribution >= 4 is 6.08 Å². The van der Waals surface area contributed by atoms with E-state index in [1.807, 2.05) is 24.5 Å². The van der Waals surface area contributed by atoms with E-state index >= 15 is 0 Å². The van der Waals surface area contributed by atoms with Crippen LogP contribution in [0.15, 0.2) is 41.7 Å². The number of hydrogen-bond acceptors (Lipinski definition) is 3. The van der Waals surface area contributed by atoms with E-state index in [1.165, 1.54) is 17.6 Å². The molecular formula is C25H33NO2. The van der Waals surface area contributed by atoms with Crippen molar-refractivity contribution in [3.05, 3.63) is 47.3 Å². The lowest BCUT2D eigenvalue weighted by Gasteiger charge is -2.57. The third kappa shape index (κ3) is 2.66. The van der Waals surface area contributed by atoms with E-state index in [0.29, 0.717) is 17.8 Å². The highest BCUT2D eigenvalue weighted by atomic mass is 16.3. The van der Waals surface area contributed by atoms with Crippen molar-refractivity contribution in [3.63, 3.8) is 0 Å². The standard InChI is InChI=1S/C25H33NO2/c1-24-9-5-19(27)15-18(24)3-4-20-21(24)6-10-25(2)22(20)14-17(23(25)28)13-16-7-11-26-12-8-16/h3,7-8,11-13,19-23,27-28H,4-6,9-10,14-15H2,1-2H3/t19-,20+,21-,22-,23-,24-,25-/m0/s1. The molecule has 4 aliphatic carbocycles. The fraction of sp³-hybridized carbons (Fsp3) is 0.640. The van der Waals surface area contributed by atoms with Gasteiger partial charge < -0.3 is 10.2 Å². The van der Waals surface area contributed by atoms with Crippen molar-refractivity contribution in [1.82, 2.24) is 4.98 Å². The summed E-state index contributed by atoms with van der Waals surface area (Å²) in [5.41, 5.74) is 4.12. The van der Waals surface area contributed by atoms with E-state index in [0.717, 1.165) is 44.1 Å². The minimum absolute atomic E-state index is 0.00405. The molecule has 0 aliphatic heterocycles. The molecular weight excluding hydrogens is 346 g/mol. The number of allylic oxidation sites excluding steroid dienone is 1. The zero-order valence-electron chi connectivity index (χ0n) is 17.1. The second-order valence-electron chi connectivity index (χ2n) is 10.3. The minimum Gasteiger partial charge on any atom is -0.393 e. The van der Waals surface area contributed by atoms with Crippen LogP contribution in [-0.4, -0.2) is 27.4 Å². The van der Waals surface area contributed by atoms with Crippen LogP contribution < -0.4 is 0 Å². The highest BCUT2D eigenvalue weighted by molar-refractivity contribution is 5.55. The Balaban J connectivity index is 1.47. The zero-order valence-corrected chi connectivity index (χ0v) is 17.1. The number of pyridine rings is 1. The van der Waals surface area contributed by atoms with Crippen LogP contribution in [0.5, 0.6) is 0 Å². The van der Waals surface area contributed by atoms with Crippen LogP contribution in [0.2, 0.25) is 0 Å². The minimum atomic E-state index is -0.335. The Morgan fingerprint density at radius 3 is 2.61 bits per heavy atom. The first-order valence-corrected chi connectivity index (χ1v) is 11.1. The Labute approximate surface area is 168 Å². The monoisotopic (exact) mass is 379 g/mol. The van der Waals surface area contributed by atoms with E-state index in [1.54, 1.807) is 0 Å². The van der Waals surface area contributed by atoms with Gasteiger partial charge in [0.2, 0.25) is 0 Å². The average molecular weight is 380 g/mol. The van der Waals surface area contributed by atoms with Gasteiger partial charge in [0.05, 0.1) is 12.2 Å². The lowest BCUT2D eigenvalue weighted by Crippen LogP contribution is -2.51. The van der Waals surface area contributed by atoms with E-state index in [4.69, 9.17) is 0 Å². The highest BCUT2D eigenvalue weighted by Gasteiger charge is 2.59. The molecule has 150 valence electrons. The number of rotatable bonds is 1. The van der Waals surface area contributed by atoms with Crippen molar-refractivity contribution in [2.24, 2.45) is 28.6 Å². The molecule has 1 heterocycles. The van der Waals surface area contributed by atoms with Crippen LogP contribution in [0.3, 0.4) is 0 Å². The molecule has 4 aliphatic rings. The molecule has 0 radical (unpaired) electrons. The molecule has 0 saturated heterocycles. The van der Waals surface area contributed by atoms with Gasteiger partial charge in [-0.2, -0.15) is 0 Å². The topological polar surface area (TPSA) is 53.4 Å². The zero-order chi connectivity index (χ0) is 19.5. The Morgan fingerprint density at radius 1 is 1.04 bits per heavy atom. The number of fused-ring (bicyclic) bond motifs is 5. The molecule has 7 atom stereocenters. The lowest BCUT2D eigenvalue weighted by molar-refractivity contribution is -0.0685. The first-order chi connectivity index (χ1) is 13.4. The summed E-state index contributed by atoms with van der Waals surface area (Å²) in [5, 5.41) is 21.5. The Hall–Kier alpha value is -1.45. The second kappa shape index (κ2) is 6.53. The van der Waals surface area contributed by atoms with Gasteiger partial charge in [-0.1, -0.05) is 31.6 Å². The summed E-state index contributed by atoms with van der Waals surface area (Å²) in [7, 11) is 0. The van der Waals surface area contributed by atoms with Gasteiger partial charge in [0, 0.05) is 17.8 Å². The van der Waals surface area contributed by atoms with Crippen molar-refractivity contribution in [2.75, 3.05) is 0 Å². The molecule has 0 unspecified atom stereocenters. The van der Waals surface area contributed by atoms with Crippen molar-refractivity contribution in [3.8, 4) is 0 Å². The Kier molecular flexibility index (Phi) is 4.33. The molecule has 3 fully saturated rings. The fourth-order valence-corrected chi connectivity index (χ4v) is 7.31. The Morgan fingerprint density at radius 2 is 1.82 bits per heavy atom. The fourth-order valence-electron chi connectivity index (χ4n) is 7.31. The largest absolute Gasteiger partial charge is 0.393 e. The van der Waals surface area contributed by atoms with Gasteiger partial charge in [-0.05, 0) is 91.4 Å². The van der Waals surface area contributed by atoms with Crippen molar-refractivity contribution < 1.29 is 10.2 Å². The summed E-state index contributed by atoms with van der Waals surface area (Å²) in [6.45, 7) is 4.79. The molecule has 1 aromatic heterocycles. The van der Waals surface area contributed by atoms with Crippen LogP contribution in [0.4, 0.5) is 0 Å². The molecule has 3 saturated carbocycles. The molecule has 3 nitrogen and oxygen atoms in total. The molecule has 28 heavy (non-hydrogen) atoms. The van der Waals surface area contributed by atoms with Gasteiger partial charge in [0.15, 0.2) is 0 Å².